The predicted octanol–water partition coefficient (Wildman–Crippen LogP) is 0.710. The van der Waals surface area contributed by atoms with Crippen molar-refractivity contribution >= 4 is 88.6 Å². The second kappa shape index (κ2) is 21.4. The molecule has 0 saturated carbocycles. The Morgan fingerprint density at radius 3 is 1.55 bits per heavy atom. The Labute approximate surface area is 181 Å². The van der Waals surface area contributed by atoms with Gasteiger partial charge in [-0.3, -0.25) is 4.55 Å². The van der Waals surface area contributed by atoms with Gasteiger partial charge in [0, 0.05) is 0 Å². The van der Waals surface area contributed by atoms with Crippen LogP contribution in [-0.4, -0.2) is 97.7 Å². The fourth-order valence-electron chi connectivity index (χ4n) is 1.75. The van der Waals surface area contributed by atoms with E-state index >= 15 is 0 Å². The van der Waals surface area contributed by atoms with E-state index in [-0.39, 0.29) is 84.8 Å². The van der Waals surface area contributed by atoms with Crippen LogP contribution in [0.1, 0.15) is 71.1 Å². The molecule has 0 aromatic rings. The van der Waals surface area contributed by atoms with Crippen LogP contribution in [0, 0.1) is 0 Å². The van der Waals surface area contributed by atoms with Crippen molar-refractivity contribution < 1.29 is 17.2 Å². The monoisotopic (exact) mass is 364 g/mol. The summed E-state index contributed by atoms with van der Waals surface area (Å²) in [4.78, 5) is 0. The molecule has 0 radical (unpaired) electrons. The van der Waals surface area contributed by atoms with Crippen LogP contribution in [0.3, 0.4) is 0 Å². The van der Waals surface area contributed by atoms with Crippen molar-refractivity contribution in [3.05, 3.63) is 0 Å². The Hall–Kier alpha value is 2.43. The third kappa shape index (κ3) is 28.6. The molecule has 0 amide bonds. The van der Waals surface area contributed by atoms with E-state index in [2.05, 4.69) is 11.1 Å². The normalized spacial score (nSPS) is 10.1. The summed E-state index contributed by atoms with van der Waals surface area (Å²) in [7, 11) is -4.23. The average molecular weight is 365 g/mol. The van der Waals surface area contributed by atoms with Crippen molar-refractivity contribution in [1.29, 1.82) is 0 Å². The zero-order chi connectivity index (χ0) is 13.0. The summed E-state index contributed by atoms with van der Waals surface area (Å²) in [5.74, 6) is 0. The van der Waals surface area contributed by atoms with Gasteiger partial charge in [0.1, 0.15) is 0 Å². The van der Waals surface area contributed by atoms with Gasteiger partial charge in [0.15, 0.2) is 17.4 Å². The third-order valence-electron chi connectivity index (χ3n) is 2.73. The summed E-state index contributed by atoms with van der Waals surface area (Å²) >= 11 is 0. The van der Waals surface area contributed by atoms with Crippen molar-refractivity contribution in [2.75, 3.05) is 6.61 Å². The first kappa shape index (κ1) is 30.3. The van der Waals surface area contributed by atoms with Gasteiger partial charge < -0.3 is 0 Å². The molecule has 0 spiro atoms. The molecule has 0 aliphatic carbocycles. The van der Waals surface area contributed by atoms with Crippen LogP contribution < -0.4 is 0 Å². The molecule has 1 N–H and O–H groups in total. The smallest absolute Gasteiger partial charge is 0.316 e. The van der Waals surface area contributed by atoms with Gasteiger partial charge >= 0.3 is 71.2 Å². The molecule has 0 rings (SSSR count). The summed E-state index contributed by atoms with van der Waals surface area (Å²) < 4.78 is 33.0. The Bertz CT molecular complexity index is 266. The molecule has 20 heavy (non-hydrogen) atoms. The molecule has 0 unspecified atom stereocenters. The van der Waals surface area contributed by atoms with Crippen molar-refractivity contribution in [2.45, 2.75) is 71.1 Å². The van der Waals surface area contributed by atoms with E-state index in [9.17, 15) is 8.42 Å². The molecule has 0 fully saturated rings. The fourth-order valence-corrected chi connectivity index (χ4v) is 2.08. The minimum absolute atomic E-state index is 0. The third-order valence-corrected chi connectivity index (χ3v) is 3.19. The van der Waals surface area contributed by atoms with Crippen molar-refractivity contribution in [3.8, 4) is 0 Å². The van der Waals surface area contributed by atoms with Gasteiger partial charge in [-0.15, -0.1) is 0 Å². The minimum Gasteiger partial charge on any atom is 0.316 e. The van der Waals surface area contributed by atoms with Crippen molar-refractivity contribution in [2.24, 2.45) is 0 Å². The van der Waals surface area contributed by atoms with E-state index in [0.717, 1.165) is 12.8 Å². The van der Waals surface area contributed by atoms with Crippen LogP contribution in [0.25, 0.3) is 0 Å². The standard InChI is InChI=1S/C12H26O4S.Al.Ca.Mg.7H/c1-2-3-4-5-6-7-8-9-10-11-12-16-17(13,14)15;;;;;;;;;;/h2-12H2,1H3,(H,13,14,15);;;;;;;;;;. The molecule has 4 nitrogen and oxygen atoms in total. The first-order valence-electron chi connectivity index (χ1n) is 6.68. The van der Waals surface area contributed by atoms with E-state index < -0.39 is 10.4 Å². The Morgan fingerprint density at radius 2 is 1.20 bits per heavy atom. The van der Waals surface area contributed by atoms with Gasteiger partial charge in [-0.2, -0.15) is 8.42 Å². The number of unbranched alkanes of at least 4 members (excludes halogenated alkanes) is 9. The summed E-state index contributed by atoms with van der Waals surface area (Å²) in [6.07, 6.45) is 11.9. The van der Waals surface area contributed by atoms with Crippen LogP contribution in [0.2, 0.25) is 0 Å². The Kier molecular flexibility index (Phi) is 32.5. The molecule has 0 aliphatic heterocycles. The SMILES string of the molecule is CCCCCCCCCCCCOS(=O)(=O)O.[AlH3].[CaH2].[MgH2]. The van der Waals surface area contributed by atoms with E-state index in [1.54, 1.807) is 0 Å². The average Bonchev–Trinajstić information content (AvgIpc) is 2.24. The molecule has 0 atom stereocenters. The molecule has 0 heterocycles. The van der Waals surface area contributed by atoms with Crippen molar-refractivity contribution in [3.63, 3.8) is 0 Å². The molecule has 0 saturated heterocycles. The first-order valence-corrected chi connectivity index (χ1v) is 8.04. The summed E-state index contributed by atoms with van der Waals surface area (Å²) in [5.41, 5.74) is 0. The van der Waals surface area contributed by atoms with Crippen molar-refractivity contribution in [1.82, 2.24) is 0 Å². The van der Waals surface area contributed by atoms with Gasteiger partial charge in [-0.05, 0) is 6.42 Å². The Morgan fingerprint density at radius 1 is 0.850 bits per heavy atom. The summed E-state index contributed by atoms with van der Waals surface area (Å²) in [6, 6.07) is 0. The second-order valence-electron chi connectivity index (χ2n) is 4.43. The maximum absolute atomic E-state index is 10.2. The topological polar surface area (TPSA) is 63.6 Å². The van der Waals surface area contributed by atoms with Gasteiger partial charge in [0.25, 0.3) is 0 Å². The van der Waals surface area contributed by atoms with Gasteiger partial charge in [-0.25, -0.2) is 4.18 Å². The molecule has 118 valence electrons. The van der Waals surface area contributed by atoms with Crippen LogP contribution in [0.4, 0.5) is 0 Å². The minimum atomic E-state index is -4.23. The molecule has 0 bridgehead atoms. The number of hydrogen-bond acceptors (Lipinski definition) is 3. The van der Waals surface area contributed by atoms with Crippen LogP contribution in [0.15, 0.2) is 0 Å². The first-order chi connectivity index (χ1) is 8.06. The van der Waals surface area contributed by atoms with Gasteiger partial charge in [-0.1, -0.05) is 64.7 Å². The summed E-state index contributed by atoms with van der Waals surface area (Å²) in [5, 5.41) is 0. The zero-order valence-electron chi connectivity index (χ0n) is 10.9. The largest absolute Gasteiger partial charge is 0.316 e. The van der Waals surface area contributed by atoms with E-state index in [1.165, 1.54) is 44.9 Å². The van der Waals surface area contributed by atoms with Gasteiger partial charge in [0.2, 0.25) is 0 Å². The molecule has 0 aromatic heterocycles. The van der Waals surface area contributed by atoms with Crippen LogP contribution >= 0.6 is 0 Å². The van der Waals surface area contributed by atoms with Gasteiger partial charge in [0.05, 0.1) is 6.61 Å². The Balaban J connectivity index is -0.000000427. The van der Waals surface area contributed by atoms with E-state index in [0.29, 0.717) is 6.42 Å². The van der Waals surface area contributed by atoms with E-state index in [1.807, 2.05) is 0 Å². The summed E-state index contributed by atoms with van der Waals surface area (Å²) in [6.45, 7) is 2.31. The molecule has 0 aliphatic rings. The van der Waals surface area contributed by atoms with Crippen LogP contribution in [0.5, 0.6) is 0 Å². The number of hydrogen-bond donors (Lipinski definition) is 1. The molecular weight excluding hydrogens is 332 g/mol. The maximum atomic E-state index is 10.2. The van der Waals surface area contributed by atoms with Crippen LogP contribution in [-0.2, 0) is 14.6 Å². The molecule has 0 aromatic carbocycles. The number of rotatable bonds is 12. The molecule has 8 heteroatoms. The second-order valence-corrected chi connectivity index (χ2v) is 5.52. The predicted molar refractivity (Wildman–Crippen MR) is 96.4 cm³/mol. The maximum Gasteiger partial charge on any atom is 0.316 e. The quantitative estimate of drug-likeness (QED) is 0.315. The van der Waals surface area contributed by atoms with E-state index in [4.69, 9.17) is 4.55 Å². The fraction of sp³-hybridized carbons (Fsp3) is 1.00. The zero-order valence-corrected chi connectivity index (χ0v) is 11.7. The molecular formula is C12H33AlCaMgO4S.